The minimum atomic E-state index is -0.739. The first-order valence-electron chi connectivity index (χ1n) is 7.72. The summed E-state index contributed by atoms with van der Waals surface area (Å²) in [6.07, 6.45) is 6.00. The van der Waals surface area contributed by atoms with E-state index in [-0.39, 0.29) is 0 Å². The quantitative estimate of drug-likeness (QED) is 0.838. The molecule has 3 heteroatoms. The fourth-order valence-corrected chi connectivity index (χ4v) is 4.02. The molecular formula is C17H23NO2. The number of carbonyl (C=O) groups is 1. The van der Waals surface area contributed by atoms with Crippen molar-refractivity contribution in [3.05, 3.63) is 35.9 Å². The van der Waals surface area contributed by atoms with Gasteiger partial charge in [-0.15, -0.1) is 0 Å². The van der Waals surface area contributed by atoms with Crippen LogP contribution in [0.5, 0.6) is 0 Å². The Morgan fingerprint density at radius 3 is 2.65 bits per heavy atom. The van der Waals surface area contributed by atoms with Crippen LogP contribution in [-0.4, -0.2) is 23.7 Å². The predicted molar refractivity (Wildman–Crippen MR) is 78.5 cm³/mol. The molecule has 0 amide bonds. The zero-order valence-electron chi connectivity index (χ0n) is 11.8. The summed E-state index contributed by atoms with van der Waals surface area (Å²) in [7, 11) is 0. The summed E-state index contributed by atoms with van der Waals surface area (Å²) in [6.45, 7) is 0.866. The summed E-state index contributed by atoms with van der Waals surface area (Å²) < 4.78 is 0. The second-order valence-corrected chi connectivity index (χ2v) is 6.42. The Labute approximate surface area is 120 Å². The summed E-state index contributed by atoms with van der Waals surface area (Å²) >= 11 is 0. The summed E-state index contributed by atoms with van der Waals surface area (Å²) in [5, 5.41) is 12.7. The number of nitrogens with one attached hydrogen (secondary N) is 1. The molecule has 108 valence electrons. The Morgan fingerprint density at radius 2 is 2.05 bits per heavy atom. The van der Waals surface area contributed by atoms with Crippen LogP contribution in [0.4, 0.5) is 0 Å². The SMILES string of the molecule is O=C(O)[C@H](Cc1ccccc1)NCC1CC2CCC1C2. The molecule has 1 aromatic rings. The smallest absolute Gasteiger partial charge is 0.321 e. The summed E-state index contributed by atoms with van der Waals surface area (Å²) in [4.78, 5) is 11.4. The van der Waals surface area contributed by atoms with Gasteiger partial charge in [0.1, 0.15) is 6.04 Å². The molecule has 0 spiro atoms. The number of fused-ring (bicyclic) bond motifs is 2. The van der Waals surface area contributed by atoms with E-state index in [0.29, 0.717) is 12.3 Å². The number of carboxylic acid groups (broad SMARTS) is 1. The predicted octanol–water partition coefficient (Wildman–Crippen LogP) is 2.71. The van der Waals surface area contributed by atoms with Gasteiger partial charge in [-0.25, -0.2) is 0 Å². The van der Waals surface area contributed by atoms with Crippen LogP contribution in [0.25, 0.3) is 0 Å². The number of aliphatic carboxylic acids is 1. The van der Waals surface area contributed by atoms with Crippen molar-refractivity contribution in [1.29, 1.82) is 0 Å². The van der Waals surface area contributed by atoms with Crippen molar-refractivity contribution in [2.45, 2.75) is 38.1 Å². The van der Waals surface area contributed by atoms with E-state index in [1.807, 2.05) is 30.3 Å². The maximum absolute atomic E-state index is 11.4. The average Bonchev–Trinajstić information content (AvgIpc) is 3.06. The van der Waals surface area contributed by atoms with E-state index in [2.05, 4.69) is 5.32 Å². The van der Waals surface area contributed by atoms with Crippen molar-refractivity contribution in [3.63, 3.8) is 0 Å². The van der Waals surface area contributed by atoms with Crippen LogP contribution in [-0.2, 0) is 11.2 Å². The van der Waals surface area contributed by atoms with Crippen molar-refractivity contribution in [3.8, 4) is 0 Å². The second kappa shape index (κ2) is 5.96. The van der Waals surface area contributed by atoms with Gasteiger partial charge in [-0.3, -0.25) is 4.79 Å². The van der Waals surface area contributed by atoms with Crippen LogP contribution in [0.15, 0.2) is 30.3 Å². The molecule has 2 bridgehead atoms. The number of rotatable bonds is 6. The monoisotopic (exact) mass is 273 g/mol. The molecule has 0 aliphatic heterocycles. The topological polar surface area (TPSA) is 49.3 Å². The average molecular weight is 273 g/mol. The van der Waals surface area contributed by atoms with Gasteiger partial charge in [0.15, 0.2) is 0 Å². The van der Waals surface area contributed by atoms with Gasteiger partial charge in [0.2, 0.25) is 0 Å². The molecule has 3 rings (SSSR count). The molecule has 2 fully saturated rings. The molecule has 4 atom stereocenters. The molecule has 2 aliphatic carbocycles. The van der Waals surface area contributed by atoms with Gasteiger partial charge in [-0.2, -0.15) is 0 Å². The Balaban J connectivity index is 1.54. The standard InChI is InChI=1S/C17H23NO2/c19-17(20)16(10-12-4-2-1-3-5-12)18-11-15-9-13-6-7-14(15)8-13/h1-5,13-16,18H,6-11H2,(H,19,20)/t13?,14?,15?,16-/m0/s1. The minimum Gasteiger partial charge on any atom is -0.480 e. The van der Waals surface area contributed by atoms with E-state index in [0.717, 1.165) is 23.9 Å². The zero-order valence-corrected chi connectivity index (χ0v) is 11.8. The van der Waals surface area contributed by atoms with Crippen molar-refractivity contribution in [2.24, 2.45) is 17.8 Å². The van der Waals surface area contributed by atoms with E-state index in [1.54, 1.807) is 0 Å². The van der Waals surface area contributed by atoms with Crippen molar-refractivity contribution in [1.82, 2.24) is 5.32 Å². The lowest BCUT2D eigenvalue weighted by Gasteiger charge is -2.24. The zero-order chi connectivity index (χ0) is 13.9. The summed E-state index contributed by atoms with van der Waals surface area (Å²) in [6, 6.07) is 9.41. The minimum absolute atomic E-state index is 0.462. The molecule has 2 N–H and O–H groups in total. The van der Waals surface area contributed by atoms with Crippen LogP contribution in [0.1, 0.15) is 31.2 Å². The van der Waals surface area contributed by atoms with Gasteiger partial charge >= 0.3 is 5.97 Å². The van der Waals surface area contributed by atoms with Gasteiger partial charge in [-0.05, 0) is 55.5 Å². The highest BCUT2D eigenvalue weighted by Gasteiger charge is 2.39. The Kier molecular flexibility index (Phi) is 4.06. The first-order chi connectivity index (χ1) is 9.72. The van der Waals surface area contributed by atoms with Crippen LogP contribution in [0.3, 0.4) is 0 Å². The summed E-state index contributed by atoms with van der Waals surface area (Å²) in [5.74, 6) is 1.73. The van der Waals surface area contributed by atoms with Crippen LogP contribution >= 0.6 is 0 Å². The lowest BCUT2D eigenvalue weighted by molar-refractivity contribution is -0.139. The van der Waals surface area contributed by atoms with Gasteiger partial charge < -0.3 is 10.4 Å². The molecule has 3 nitrogen and oxygen atoms in total. The molecule has 0 heterocycles. The molecule has 0 saturated heterocycles. The van der Waals surface area contributed by atoms with Crippen molar-refractivity contribution in [2.75, 3.05) is 6.54 Å². The number of hydrogen-bond acceptors (Lipinski definition) is 2. The van der Waals surface area contributed by atoms with Gasteiger partial charge in [0.05, 0.1) is 0 Å². The van der Waals surface area contributed by atoms with E-state index in [4.69, 9.17) is 0 Å². The normalized spacial score (nSPS) is 29.5. The first kappa shape index (κ1) is 13.6. The summed E-state index contributed by atoms with van der Waals surface area (Å²) in [5.41, 5.74) is 1.08. The van der Waals surface area contributed by atoms with Crippen LogP contribution in [0, 0.1) is 17.8 Å². The third-order valence-corrected chi connectivity index (χ3v) is 5.09. The number of carboxylic acids is 1. The first-order valence-corrected chi connectivity index (χ1v) is 7.72. The number of hydrogen-bond donors (Lipinski definition) is 2. The highest BCUT2D eigenvalue weighted by atomic mass is 16.4. The van der Waals surface area contributed by atoms with E-state index < -0.39 is 12.0 Å². The largest absolute Gasteiger partial charge is 0.480 e. The molecule has 2 saturated carbocycles. The maximum Gasteiger partial charge on any atom is 0.321 e. The molecule has 3 unspecified atom stereocenters. The Morgan fingerprint density at radius 1 is 1.25 bits per heavy atom. The third kappa shape index (κ3) is 3.04. The second-order valence-electron chi connectivity index (χ2n) is 6.42. The van der Waals surface area contributed by atoms with Crippen LogP contribution in [0.2, 0.25) is 0 Å². The molecule has 2 aliphatic rings. The Hall–Kier alpha value is -1.35. The molecule has 0 aromatic heterocycles. The molecular weight excluding hydrogens is 250 g/mol. The van der Waals surface area contributed by atoms with E-state index in [9.17, 15) is 9.90 Å². The molecule has 1 aromatic carbocycles. The Bertz CT molecular complexity index is 459. The third-order valence-electron chi connectivity index (χ3n) is 5.09. The van der Waals surface area contributed by atoms with Crippen LogP contribution < -0.4 is 5.32 Å². The molecule has 0 radical (unpaired) electrons. The van der Waals surface area contributed by atoms with Gasteiger partial charge in [0.25, 0.3) is 0 Å². The van der Waals surface area contributed by atoms with E-state index in [1.165, 1.54) is 25.7 Å². The van der Waals surface area contributed by atoms with Crippen molar-refractivity contribution < 1.29 is 9.90 Å². The molecule has 20 heavy (non-hydrogen) atoms. The van der Waals surface area contributed by atoms with Gasteiger partial charge in [-0.1, -0.05) is 36.8 Å². The fourth-order valence-electron chi connectivity index (χ4n) is 4.02. The lowest BCUT2D eigenvalue weighted by Crippen LogP contribution is -2.41. The maximum atomic E-state index is 11.4. The highest BCUT2D eigenvalue weighted by Crippen LogP contribution is 2.47. The van der Waals surface area contributed by atoms with Crippen molar-refractivity contribution >= 4 is 5.97 Å². The fraction of sp³-hybridized carbons (Fsp3) is 0.588. The lowest BCUT2D eigenvalue weighted by atomic mass is 9.88. The number of benzene rings is 1. The van der Waals surface area contributed by atoms with Gasteiger partial charge in [0, 0.05) is 0 Å². The van der Waals surface area contributed by atoms with E-state index >= 15 is 0 Å². The highest BCUT2D eigenvalue weighted by molar-refractivity contribution is 5.73.